The fraction of sp³-hybridized carbons (Fsp3) is 0.400. The molecule has 0 saturated carbocycles. The van der Waals surface area contributed by atoms with E-state index in [0.29, 0.717) is 12.5 Å². The number of amides is 1. The molecule has 2 N–H and O–H groups in total. The van der Waals surface area contributed by atoms with E-state index in [1.165, 1.54) is 5.56 Å². The fourth-order valence-corrected chi connectivity index (χ4v) is 3.38. The molecular weight excluding hydrogens is 316 g/mol. The van der Waals surface area contributed by atoms with E-state index in [2.05, 4.69) is 31.8 Å². The molecule has 3 rings (SSSR count). The number of nitrogens with two attached hydrogens (primary N) is 1. The second-order valence-corrected chi connectivity index (χ2v) is 7.13. The van der Waals surface area contributed by atoms with E-state index < -0.39 is 6.09 Å². The number of rotatable bonds is 5. The van der Waals surface area contributed by atoms with Crippen molar-refractivity contribution in [2.24, 2.45) is 11.1 Å². The molecule has 0 spiro atoms. The number of pyridine rings is 1. The van der Waals surface area contributed by atoms with Gasteiger partial charge in [0.1, 0.15) is 6.10 Å². The van der Waals surface area contributed by atoms with E-state index in [1.807, 2.05) is 30.5 Å². The lowest BCUT2D eigenvalue weighted by molar-refractivity contribution is 0.0392. The van der Waals surface area contributed by atoms with Gasteiger partial charge in [0.25, 0.3) is 0 Å². The van der Waals surface area contributed by atoms with Crippen LogP contribution >= 0.6 is 0 Å². The number of hydrogen-bond donors (Lipinski definition) is 1. The maximum Gasteiger partial charge on any atom is 0.405 e. The van der Waals surface area contributed by atoms with Gasteiger partial charge in [-0.3, -0.25) is 0 Å². The molecule has 1 aromatic heterocycles. The summed E-state index contributed by atoms with van der Waals surface area (Å²) in [6.45, 7) is 6.90. The van der Waals surface area contributed by atoms with Crippen LogP contribution in [0.1, 0.15) is 44.4 Å². The zero-order valence-electron chi connectivity index (χ0n) is 14.9. The van der Waals surface area contributed by atoms with Gasteiger partial charge in [-0.2, -0.15) is 0 Å². The van der Waals surface area contributed by atoms with Crippen molar-refractivity contribution in [2.45, 2.75) is 39.7 Å². The highest BCUT2D eigenvalue weighted by molar-refractivity contribution is 5.67. The number of carbonyl (C=O) groups is 1. The quantitative estimate of drug-likeness (QED) is 0.882. The van der Waals surface area contributed by atoms with Crippen LogP contribution < -0.4 is 10.5 Å². The van der Waals surface area contributed by atoms with Gasteiger partial charge in [-0.1, -0.05) is 39.0 Å². The van der Waals surface area contributed by atoms with Gasteiger partial charge in [-0.15, -0.1) is 0 Å². The van der Waals surface area contributed by atoms with Crippen molar-refractivity contribution in [3.63, 3.8) is 0 Å². The molecule has 2 aromatic rings. The number of primary amides is 1. The lowest BCUT2D eigenvalue weighted by Gasteiger charge is -2.26. The molecule has 5 heteroatoms. The van der Waals surface area contributed by atoms with Crippen molar-refractivity contribution in [3.8, 4) is 17.0 Å². The van der Waals surface area contributed by atoms with Crippen molar-refractivity contribution in [3.05, 3.63) is 47.7 Å². The summed E-state index contributed by atoms with van der Waals surface area (Å²) in [5.41, 5.74) is 9.39. The maximum atomic E-state index is 11.2. The molecule has 0 radical (unpaired) electrons. The largest absolute Gasteiger partial charge is 0.478 e. The van der Waals surface area contributed by atoms with E-state index in [4.69, 9.17) is 15.2 Å². The zero-order valence-corrected chi connectivity index (χ0v) is 14.9. The summed E-state index contributed by atoms with van der Waals surface area (Å²) >= 11 is 0. The summed E-state index contributed by atoms with van der Waals surface area (Å²) in [7, 11) is 0. The monoisotopic (exact) mass is 340 g/mol. The molecule has 0 aliphatic heterocycles. The van der Waals surface area contributed by atoms with Crippen molar-refractivity contribution in [1.29, 1.82) is 0 Å². The maximum absolute atomic E-state index is 11.2. The van der Waals surface area contributed by atoms with Gasteiger partial charge >= 0.3 is 6.09 Å². The van der Waals surface area contributed by atoms with Crippen LogP contribution in [0.3, 0.4) is 0 Å². The molecule has 1 atom stereocenters. The molecule has 1 aliphatic rings. The third kappa shape index (κ3) is 3.60. The van der Waals surface area contributed by atoms with Gasteiger partial charge in [0.15, 0.2) is 0 Å². The number of hydrogen-bond acceptors (Lipinski definition) is 4. The summed E-state index contributed by atoms with van der Waals surface area (Å²) in [4.78, 5) is 15.6. The molecule has 1 aromatic carbocycles. The Morgan fingerprint density at radius 1 is 1.28 bits per heavy atom. The first kappa shape index (κ1) is 17.3. The highest BCUT2D eigenvalue weighted by Gasteiger charge is 2.41. The smallest absolute Gasteiger partial charge is 0.405 e. The van der Waals surface area contributed by atoms with Crippen LogP contribution in [0.2, 0.25) is 0 Å². The highest BCUT2D eigenvalue weighted by atomic mass is 16.6. The average molecular weight is 340 g/mol. The molecule has 1 heterocycles. The summed E-state index contributed by atoms with van der Waals surface area (Å²) in [5.74, 6) is 0.641. The lowest BCUT2D eigenvalue weighted by Crippen LogP contribution is -2.25. The number of aromatic nitrogens is 1. The van der Waals surface area contributed by atoms with Crippen LogP contribution in [0.25, 0.3) is 11.1 Å². The molecule has 1 amide bonds. The van der Waals surface area contributed by atoms with Crippen molar-refractivity contribution in [1.82, 2.24) is 4.98 Å². The predicted octanol–water partition coefficient (Wildman–Crippen LogP) is 4.26. The van der Waals surface area contributed by atoms with E-state index in [1.54, 1.807) is 0 Å². The molecule has 1 aliphatic carbocycles. The minimum absolute atomic E-state index is 0.175. The van der Waals surface area contributed by atoms with E-state index in [-0.39, 0.29) is 11.5 Å². The second kappa shape index (κ2) is 6.75. The summed E-state index contributed by atoms with van der Waals surface area (Å²) in [6, 6.07) is 10.1. The molecule has 1 unspecified atom stereocenters. The summed E-state index contributed by atoms with van der Waals surface area (Å²) in [5, 5.41) is 0. The van der Waals surface area contributed by atoms with Gasteiger partial charge in [0.2, 0.25) is 5.88 Å². The van der Waals surface area contributed by atoms with Crippen molar-refractivity contribution >= 4 is 6.09 Å². The molecule has 0 saturated heterocycles. The Bertz CT molecular complexity index is 769. The van der Waals surface area contributed by atoms with Crippen LogP contribution in [-0.2, 0) is 11.2 Å². The van der Waals surface area contributed by atoms with Gasteiger partial charge in [0, 0.05) is 23.2 Å². The fourth-order valence-electron chi connectivity index (χ4n) is 3.38. The molecule has 0 fully saturated rings. The van der Waals surface area contributed by atoms with Crippen LogP contribution in [0, 0.1) is 5.41 Å². The normalized spacial score (nSPS) is 17.8. The van der Waals surface area contributed by atoms with Gasteiger partial charge in [-0.05, 0) is 35.6 Å². The lowest BCUT2D eigenvalue weighted by atomic mass is 9.87. The van der Waals surface area contributed by atoms with Crippen LogP contribution in [0.5, 0.6) is 5.88 Å². The van der Waals surface area contributed by atoms with E-state index >= 15 is 0 Å². The Hall–Kier alpha value is -2.56. The van der Waals surface area contributed by atoms with Gasteiger partial charge in [0.05, 0.1) is 6.61 Å². The highest BCUT2D eigenvalue weighted by Crippen LogP contribution is 2.48. The number of fused-ring (bicyclic) bond motifs is 1. The van der Waals surface area contributed by atoms with Crippen molar-refractivity contribution in [2.75, 3.05) is 6.61 Å². The van der Waals surface area contributed by atoms with E-state index in [9.17, 15) is 4.79 Å². The minimum Gasteiger partial charge on any atom is -0.478 e. The molecule has 0 bridgehead atoms. The minimum atomic E-state index is -0.734. The second-order valence-electron chi connectivity index (χ2n) is 7.13. The number of nitrogens with zero attached hydrogens (tertiary/aromatic N) is 1. The first-order chi connectivity index (χ1) is 11.9. The average Bonchev–Trinajstić information content (AvgIpc) is 2.82. The molecular formula is C20H24N2O3. The van der Waals surface area contributed by atoms with Gasteiger partial charge < -0.3 is 15.2 Å². The first-order valence-corrected chi connectivity index (χ1v) is 8.59. The van der Waals surface area contributed by atoms with Crippen molar-refractivity contribution < 1.29 is 14.3 Å². The van der Waals surface area contributed by atoms with Crippen LogP contribution in [0.4, 0.5) is 4.79 Å². The SMILES string of the molecule is CCCOc1ccc(-c2ccc3c(c2)CC(C)(C)C3OC(N)=O)cn1. The van der Waals surface area contributed by atoms with E-state index in [0.717, 1.165) is 29.5 Å². The molecule has 132 valence electrons. The summed E-state index contributed by atoms with van der Waals surface area (Å²) < 4.78 is 10.9. The Morgan fingerprint density at radius 3 is 2.68 bits per heavy atom. The number of ether oxygens (including phenoxy) is 2. The summed E-state index contributed by atoms with van der Waals surface area (Å²) in [6.07, 6.45) is 2.57. The third-order valence-corrected chi connectivity index (χ3v) is 4.54. The van der Waals surface area contributed by atoms with Crippen LogP contribution in [0.15, 0.2) is 36.5 Å². The Kier molecular flexibility index (Phi) is 4.66. The topological polar surface area (TPSA) is 74.4 Å². The Balaban J connectivity index is 1.86. The van der Waals surface area contributed by atoms with Crippen LogP contribution in [-0.4, -0.2) is 17.7 Å². The Morgan fingerprint density at radius 2 is 2.04 bits per heavy atom. The molecule has 5 nitrogen and oxygen atoms in total. The standard InChI is InChI=1S/C20H24N2O3/c1-4-9-24-17-8-6-14(12-22-17)13-5-7-16-15(10-13)11-20(2,3)18(16)25-19(21)23/h5-8,10,12,18H,4,9,11H2,1-3H3,(H2,21,23). The predicted molar refractivity (Wildman–Crippen MR) is 96.4 cm³/mol. The van der Waals surface area contributed by atoms with Gasteiger partial charge in [-0.25, -0.2) is 9.78 Å². The molecule has 25 heavy (non-hydrogen) atoms. The number of carbonyl (C=O) groups excluding carboxylic acids is 1. The zero-order chi connectivity index (χ0) is 18.0. The number of benzene rings is 1. The Labute approximate surface area is 148 Å². The first-order valence-electron chi connectivity index (χ1n) is 8.59. The third-order valence-electron chi connectivity index (χ3n) is 4.54.